The number of anilines is 3. The van der Waals surface area contributed by atoms with E-state index in [1.807, 2.05) is 48.2 Å². The summed E-state index contributed by atoms with van der Waals surface area (Å²) in [5.74, 6) is 1.49. The molecular formula is C18H23N5O2. The Hall–Kier alpha value is -2.67. The van der Waals surface area contributed by atoms with Gasteiger partial charge in [0, 0.05) is 50.7 Å². The van der Waals surface area contributed by atoms with E-state index in [9.17, 15) is 4.79 Å². The van der Waals surface area contributed by atoms with Gasteiger partial charge in [0.25, 0.3) is 0 Å². The molecule has 1 aliphatic heterocycles. The molecule has 0 aliphatic carbocycles. The Kier molecular flexibility index (Phi) is 5.45. The van der Waals surface area contributed by atoms with Crippen LogP contribution in [0.15, 0.2) is 36.4 Å². The highest BCUT2D eigenvalue weighted by atomic mass is 16.5. The Morgan fingerprint density at radius 3 is 2.56 bits per heavy atom. The maximum atomic E-state index is 11.9. The van der Waals surface area contributed by atoms with Crippen molar-refractivity contribution in [2.45, 2.75) is 6.92 Å². The molecule has 2 heterocycles. The van der Waals surface area contributed by atoms with E-state index >= 15 is 0 Å². The Balaban J connectivity index is 1.68. The maximum absolute atomic E-state index is 11.9. The standard InChI is InChI=1S/C18H23N5O2/c1-14-12-16(20-15-6-4-3-5-7-15)21-18(19-14)23-10-8-22(9-11-23)17(24)13-25-2/h3-7,12H,8-11,13H2,1-2H3,(H,19,20,21). The molecule has 1 saturated heterocycles. The number of aromatic nitrogens is 2. The molecule has 7 heteroatoms. The topological polar surface area (TPSA) is 70.6 Å². The summed E-state index contributed by atoms with van der Waals surface area (Å²) < 4.78 is 4.92. The second-order valence-corrected chi connectivity index (χ2v) is 5.99. The van der Waals surface area contributed by atoms with Gasteiger partial charge in [0.1, 0.15) is 12.4 Å². The van der Waals surface area contributed by atoms with Crippen LogP contribution in [0.5, 0.6) is 0 Å². The summed E-state index contributed by atoms with van der Waals surface area (Å²) in [7, 11) is 1.54. The SMILES string of the molecule is COCC(=O)N1CCN(c2nc(C)cc(Nc3ccccc3)n2)CC1. The van der Waals surface area contributed by atoms with Gasteiger partial charge >= 0.3 is 0 Å². The lowest BCUT2D eigenvalue weighted by Gasteiger charge is -2.34. The van der Waals surface area contributed by atoms with E-state index in [0.29, 0.717) is 32.1 Å². The molecule has 0 atom stereocenters. The molecule has 1 N–H and O–H groups in total. The van der Waals surface area contributed by atoms with Crippen molar-refractivity contribution < 1.29 is 9.53 Å². The molecule has 1 amide bonds. The highest BCUT2D eigenvalue weighted by Crippen LogP contribution is 2.19. The molecule has 25 heavy (non-hydrogen) atoms. The third-order valence-electron chi connectivity index (χ3n) is 4.07. The fraction of sp³-hybridized carbons (Fsp3) is 0.389. The second kappa shape index (κ2) is 7.94. The number of hydrogen-bond donors (Lipinski definition) is 1. The third-order valence-corrected chi connectivity index (χ3v) is 4.07. The number of methoxy groups -OCH3 is 1. The van der Waals surface area contributed by atoms with Gasteiger partial charge in [0.05, 0.1) is 0 Å². The molecule has 132 valence electrons. The van der Waals surface area contributed by atoms with Gasteiger partial charge < -0.3 is 19.9 Å². The number of amides is 1. The van der Waals surface area contributed by atoms with Gasteiger partial charge in [-0.1, -0.05) is 18.2 Å². The summed E-state index contributed by atoms with van der Waals surface area (Å²) in [6, 6.07) is 11.9. The lowest BCUT2D eigenvalue weighted by atomic mass is 10.3. The van der Waals surface area contributed by atoms with Crippen LogP contribution in [0.3, 0.4) is 0 Å². The molecule has 1 aliphatic rings. The lowest BCUT2D eigenvalue weighted by molar-refractivity contribution is -0.135. The van der Waals surface area contributed by atoms with E-state index in [1.54, 1.807) is 0 Å². The monoisotopic (exact) mass is 341 g/mol. The Labute approximate surface area is 147 Å². The van der Waals surface area contributed by atoms with Crippen LogP contribution in [0, 0.1) is 6.92 Å². The van der Waals surface area contributed by atoms with E-state index in [1.165, 1.54) is 7.11 Å². The molecule has 3 rings (SSSR count). The predicted octanol–water partition coefficient (Wildman–Crippen LogP) is 1.82. The number of hydrogen-bond acceptors (Lipinski definition) is 6. The molecule has 1 aromatic heterocycles. The minimum absolute atomic E-state index is 0.0266. The van der Waals surface area contributed by atoms with E-state index in [-0.39, 0.29) is 12.5 Å². The van der Waals surface area contributed by atoms with Crippen molar-refractivity contribution in [1.29, 1.82) is 0 Å². The van der Waals surface area contributed by atoms with Crippen molar-refractivity contribution >= 4 is 23.4 Å². The number of carbonyl (C=O) groups is 1. The van der Waals surface area contributed by atoms with Gasteiger partial charge in [-0.05, 0) is 19.1 Å². The smallest absolute Gasteiger partial charge is 0.248 e. The van der Waals surface area contributed by atoms with Crippen LogP contribution in [0.2, 0.25) is 0 Å². The number of nitrogens with one attached hydrogen (secondary N) is 1. The maximum Gasteiger partial charge on any atom is 0.248 e. The summed E-state index contributed by atoms with van der Waals surface area (Å²) in [6.07, 6.45) is 0. The fourth-order valence-corrected chi connectivity index (χ4v) is 2.80. The van der Waals surface area contributed by atoms with Gasteiger partial charge in [-0.2, -0.15) is 4.98 Å². The van der Waals surface area contributed by atoms with Crippen molar-refractivity contribution in [3.05, 3.63) is 42.1 Å². The molecule has 2 aromatic rings. The number of piperazine rings is 1. The van der Waals surface area contributed by atoms with Crippen molar-refractivity contribution in [2.75, 3.05) is 50.1 Å². The number of para-hydroxylation sites is 1. The molecule has 0 bridgehead atoms. The number of aryl methyl sites for hydroxylation is 1. The predicted molar refractivity (Wildman–Crippen MR) is 97.2 cm³/mol. The highest BCUT2D eigenvalue weighted by molar-refractivity contribution is 5.77. The number of ether oxygens (including phenoxy) is 1. The van der Waals surface area contributed by atoms with Crippen LogP contribution in [-0.4, -0.2) is 60.7 Å². The van der Waals surface area contributed by atoms with E-state index in [4.69, 9.17) is 4.74 Å². The molecular weight excluding hydrogens is 318 g/mol. The first-order valence-corrected chi connectivity index (χ1v) is 8.35. The zero-order valence-electron chi connectivity index (χ0n) is 14.6. The minimum Gasteiger partial charge on any atom is -0.375 e. The van der Waals surface area contributed by atoms with Crippen molar-refractivity contribution in [3.8, 4) is 0 Å². The van der Waals surface area contributed by atoms with Crippen molar-refractivity contribution in [2.24, 2.45) is 0 Å². The van der Waals surface area contributed by atoms with Gasteiger partial charge in [-0.3, -0.25) is 4.79 Å². The van der Waals surface area contributed by atoms with Crippen molar-refractivity contribution in [1.82, 2.24) is 14.9 Å². The Bertz CT molecular complexity index is 715. The first kappa shape index (κ1) is 17.2. The second-order valence-electron chi connectivity index (χ2n) is 5.99. The fourth-order valence-electron chi connectivity index (χ4n) is 2.80. The zero-order chi connectivity index (χ0) is 17.6. The van der Waals surface area contributed by atoms with Crippen LogP contribution >= 0.6 is 0 Å². The molecule has 0 radical (unpaired) electrons. The van der Waals surface area contributed by atoms with E-state index in [2.05, 4.69) is 20.2 Å². The summed E-state index contributed by atoms with van der Waals surface area (Å²) in [6.45, 7) is 4.82. The van der Waals surface area contributed by atoms with Gasteiger partial charge in [-0.15, -0.1) is 0 Å². The van der Waals surface area contributed by atoms with Crippen LogP contribution in [0.4, 0.5) is 17.5 Å². The minimum atomic E-state index is 0.0266. The molecule has 1 aromatic carbocycles. The largest absolute Gasteiger partial charge is 0.375 e. The molecule has 7 nitrogen and oxygen atoms in total. The van der Waals surface area contributed by atoms with Gasteiger partial charge in [-0.25, -0.2) is 4.98 Å². The summed E-state index contributed by atoms with van der Waals surface area (Å²) >= 11 is 0. The Morgan fingerprint density at radius 1 is 1.16 bits per heavy atom. The highest BCUT2D eigenvalue weighted by Gasteiger charge is 2.22. The molecule has 1 fully saturated rings. The van der Waals surface area contributed by atoms with E-state index < -0.39 is 0 Å². The quantitative estimate of drug-likeness (QED) is 0.895. The third kappa shape index (κ3) is 4.45. The van der Waals surface area contributed by atoms with Crippen LogP contribution in [0.1, 0.15) is 5.69 Å². The molecule has 0 saturated carbocycles. The normalized spacial score (nSPS) is 14.5. The van der Waals surface area contributed by atoms with Crippen molar-refractivity contribution in [3.63, 3.8) is 0 Å². The first-order valence-electron chi connectivity index (χ1n) is 8.35. The summed E-state index contributed by atoms with van der Waals surface area (Å²) in [4.78, 5) is 25.0. The summed E-state index contributed by atoms with van der Waals surface area (Å²) in [5, 5.41) is 3.31. The lowest BCUT2D eigenvalue weighted by Crippen LogP contribution is -2.50. The van der Waals surface area contributed by atoms with Gasteiger partial charge in [0.15, 0.2) is 0 Å². The molecule has 0 unspecified atom stereocenters. The average Bonchev–Trinajstić information content (AvgIpc) is 2.62. The Morgan fingerprint density at radius 2 is 1.88 bits per heavy atom. The number of rotatable bonds is 5. The number of benzene rings is 1. The zero-order valence-corrected chi connectivity index (χ0v) is 14.6. The van der Waals surface area contributed by atoms with Crippen LogP contribution in [0.25, 0.3) is 0 Å². The number of nitrogens with zero attached hydrogens (tertiary/aromatic N) is 4. The van der Waals surface area contributed by atoms with Crippen LogP contribution < -0.4 is 10.2 Å². The van der Waals surface area contributed by atoms with Gasteiger partial charge in [0.2, 0.25) is 11.9 Å². The number of carbonyl (C=O) groups excluding carboxylic acids is 1. The first-order chi connectivity index (χ1) is 12.2. The molecule has 0 spiro atoms. The summed E-state index contributed by atoms with van der Waals surface area (Å²) in [5.41, 5.74) is 1.89. The average molecular weight is 341 g/mol. The van der Waals surface area contributed by atoms with E-state index in [0.717, 1.165) is 17.2 Å². The van der Waals surface area contributed by atoms with Crippen LogP contribution in [-0.2, 0) is 9.53 Å².